The van der Waals surface area contributed by atoms with Crippen LogP contribution in [0.3, 0.4) is 0 Å². The van der Waals surface area contributed by atoms with Crippen LogP contribution in [0.15, 0.2) is 60.7 Å². The summed E-state index contributed by atoms with van der Waals surface area (Å²) in [5.41, 5.74) is 0.769. The molecule has 0 spiro atoms. The Balaban J connectivity index is 2.16. The predicted octanol–water partition coefficient (Wildman–Crippen LogP) is 4.92. The number of rotatable bonds is 7. The highest BCUT2D eigenvalue weighted by Gasteiger charge is 2.29. The van der Waals surface area contributed by atoms with Gasteiger partial charge in [0.25, 0.3) is 0 Å². The number of methoxy groups -OCH3 is 2. The van der Waals surface area contributed by atoms with Crippen molar-refractivity contribution in [2.75, 3.05) is 14.2 Å². The Kier molecular flexibility index (Phi) is 6.76. The fraction of sp³-hybridized carbons (Fsp3) is 0.130. The second-order valence-electron chi connectivity index (χ2n) is 6.51. The molecule has 7 heteroatoms. The summed E-state index contributed by atoms with van der Waals surface area (Å²) in [7, 11) is -0.261. The van der Waals surface area contributed by atoms with E-state index < -0.39 is 13.3 Å². The molecule has 154 valence electrons. The highest BCUT2D eigenvalue weighted by atomic mass is 35.5. The average molecular weight is 443 g/mol. The third-order valence-corrected chi connectivity index (χ3v) is 6.57. The topological polar surface area (TPSA) is 69.7 Å². The average Bonchev–Trinajstić information content (AvgIpc) is 2.77. The van der Waals surface area contributed by atoms with Crippen molar-refractivity contribution in [2.45, 2.75) is 6.92 Å². The van der Waals surface area contributed by atoms with Gasteiger partial charge in [-0.3, -0.25) is 9.59 Å². The molecule has 30 heavy (non-hydrogen) atoms. The molecule has 5 nitrogen and oxygen atoms in total. The van der Waals surface area contributed by atoms with E-state index in [9.17, 15) is 14.2 Å². The monoisotopic (exact) mass is 442 g/mol. The minimum absolute atomic E-state index is 0.0603. The third-order valence-electron chi connectivity index (χ3n) is 4.71. The van der Waals surface area contributed by atoms with Gasteiger partial charge < -0.3 is 14.0 Å². The largest absolute Gasteiger partial charge is 0.496 e. The maximum atomic E-state index is 13.3. The van der Waals surface area contributed by atoms with E-state index in [1.165, 1.54) is 26.4 Å². The van der Waals surface area contributed by atoms with Crippen molar-refractivity contribution < 1.29 is 23.6 Å². The smallest absolute Gasteiger partial charge is 0.224 e. The zero-order valence-electron chi connectivity index (χ0n) is 16.7. The number of carbonyl (C=O) groups is 2. The number of carbonyl (C=O) groups excluding carboxylic acids is 2. The molecule has 0 aliphatic carbocycles. The maximum Gasteiger partial charge on any atom is 0.224 e. The Bertz CT molecular complexity index is 1120. The second kappa shape index (κ2) is 9.29. The van der Waals surface area contributed by atoms with Crippen LogP contribution in [0.4, 0.5) is 0 Å². The highest BCUT2D eigenvalue weighted by Crippen LogP contribution is 2.39. The normalized spacial score (nSPS) is 11.6. The zero-order chi connectivity index (χ0) is 21.8. The summed E-state index contributed by atoms with van der Waals surface area (Å²) in [6.45, 7) is 1.73. The summed E-state index contributed by atoms with van der Waals surface area (Å²) in [6.07, 6.45) is 0. The second-order valence-corrected chi connectivity index (χ2v) is 8.57. The molecular weight excluding hydrogens is 423 g/mol. The van der Waals surface area contributed by atoms with Crippen molar-refractivity contribution >= 4 is 36.0 Å². The van der Waals surface area contributed by atoms with Crippen LogP contribution < -0.4 is 14.8 Å². The van der Waals surface area contributed by atoms with Crippen LogP contribution in [-0.4, -0.2) is 25.5 Å². The van der Waals surface area contributed by atoms with Crippen LogP contribution in [0.1, 0.15) is 31.8 Å². The number of hydrogen-bond donors (Lipinski definition) is 0. The first-order valence-electron chi connectivity index (χ1n) is 9.09. The summed E-state index contributed by atoms with van der Waals surface area (Å²) < 4.78 is 24.1. The molecule has 0 fully saturated rings. The van der Waals surface area contributed by atoms with Crippen molar-refractivity contribution in [3.8, 4) is 11.5 Å². The van der Waals surface area contributed by atoms with E-state index in [-0.39, 0.29) is 38.7 Å². The van der Waals surface area contributed by atoms with Crippen LogP contribution in [-0.2, 0) is 4.57 Å². The Hall–Kier alpha value is -2.88. The van der Waals surface area contributed by atoms with Gasteiger partial charge >= 0.3 is 0 Å². The molecule has 3 aromatic rings. The molecule has 0 saturated heterocycles. The van der Waals surface area contributed by atoms with Crippen LogP contribution in [0.5, 0.6) is 11.5 Å². The van der Waals surface area contributed by atoms with Gasteiger partial charge in [0.1, 0.15) is 17.1 Å². The Morgan fingerprint density at radius 2 is 1.57 bits per heavy atom. The van der Waals surface area contributed by atoms with Crippen LogP contribution in [0.25, 0.3) is 0 Å². The molecule has 0 aliphatic heterocycles. The third kappa shape index (κ3) is 4.04. The molecule has 0 aliphatic rings. The van der Waals surface area contributed by atoms with E-state index in [1.54, 1.807) is 55.5 Å². The Morgan fingerprint density at radius 3 is 2.17 bits per heavy atom. The number of halogens is 1. The summed E-state index contributed by atoms with van der Waals surface area (Å²) in [5.74, 6) is -0.0342. The van der Waals surface area contributed by atoms with E-state index in [0.717, 1.165) is 0 Å². The first-order chi connectivity index (χ1) is 14.4. The van der Waals surface area contributed by atoms with Gasteiger partial charge in [-0.15, -0.1) is 0 Å². The lowest BCUT2D eigenvalue weighted by atomic mass is 10.0. The fourth-order valence-corrected chi connectivity index (χ4v) is 5.09. The van der Waals surface area contributed by atoms with E-state index in [0.29, 0.717) is 11.1 Å². The van der Waals surface area contributed by atoms with Gasteiger partial charge in [0, 0.05) is 11.1 Å². The van der Waals surface area contributed by atoms with Crippen molar-refractivity contribution in [3.63, 3.8) is 0 Å². The molecule has 0 aromatic heterocycles. The van der Waals surface area contributed by atoms with Gasteiger partial charge in [-0.1, -0.05) is 54.1 Å². The number of benzene rings is 3. The quantitative estimate of drug-likeness (QED) is 0.383. The standard InChI is InChI=1S/C23H20ClO5P/c1-14-8-7-11-16(24)19(14)23(26)30(27)18-13-12-17(28-2)20(22(18)29-3)21(25)15-9-5-4-6-10-15/h4-13,30H,1-3H3. The molecule has 1 unspecified atom stereocenters. The Labute approximate surface area is 180 Å². The SMILES string of the molecule is COc1ccc([PH](=O)C(=O)c2c(C)cccc2Cl)c(OC)c1C(=O)c1ccccc1. The Morgan fingerprint density at radius 1 is 0.867 bits per heavy atom. The lowest BCUT2D eigenvalue weighted by Gasteiger charge is -2.16. The number of aryl methyl sites for hydroxylation is 1. The molecule has 0 N–H and O–H groups in total. The molecule has 1 atom stereocenters. The van der Waals surface area contributed by atoms with Crippen molar-refractivity contribution in [1.82, 2.24) is 0 Å². The molecule has 0 radical (unpaired) electrons. The first-order valence-corrected chi connectivity index (χ1v) is 10.9. The number of ether oxygens (including phenoxy) is 2. The van der Waals surface area contributed by atoms with E-state index >= 15 is 0 Å². The molecular formula is C23H20ClO5P. The van der Waals surface area contributed by atoms with Gasteiger partial charge in [-0.05, 0) is 30.7 Å². The van der Waals surface area contributed by atoms with Gasteiger partial charge in [-0.25, -0.2) is 0 Å². The van der Waals surface area contributed by atoms with Gasteiger partial charge in [0.05, 0.1) is 24.5 Å². The summed E-state index contributed by atoms with van der Waals surface area (Å²) in [5, 5.41) is 0.373. The number of ketones is 1. The maximum absolute atomic E-state index is 13.3. The van der Waals surface area contributed by atoms with E-state index in [4.69, 9.17) is 21.1 Å². The molecule has 0 amide bonds. The minimum Gasteiger partial charge on any atom is -0.496 e. The van der Waals surface area contributed by atoms with Crippen molar-refractivity contribution in [1.29, 1.82) is 0 Å². The van der Waals surface area contributed by atoms with Gasteiger partial charge in [-0.2, -0.15) is 0 Å². The molecule has 3 rings (SSSR count). The predicted molar refractivity (Wildman–Crippen MR) is 119 cm³/mol. The molecule has 3 aromatic carbocycles. The number of hydrogen-bond acceptors (Lipinski definition) is 5. The molecule has 0 saturated carbocycles. The van der Waals surface area contributed by atoms with Crippen LogP contribution in [0.2, 0.25) is 5.02 Å². The summed E-state index contributed by atoms with van der Waals surface area (Å²) in [6, 6.07) is 16.6. The van der Waals surface area contributed by atoms with Gasteiger partial charge in [0.15, 0.2) is 7.80 Å². The van der Waals surface area contributed by atoms with Gasteiger partial charge in [0.2, 0.25) is 11.3 Å². The molecule has 0 heterocycles. The lowest BCUT2D eigenvalue weighted by molar-refractivity contribution is 0.103. The zero-order valence-corrected chi connectivity index (χ0v) is 18.4. The lowest BCUT2D eigenvalue weighted by Crippen LogP contribution is -2.15. The van der Waals surface area contributed by atoms with Crippen LogP contribution in [0, 0.1) is 6.92 Å². The molecule has 0 bridgehead atoms. The first kappa shape index (κ1) is 21.8. The highest BCUT2D eigenvalue weighted by molar-refractivity contribution is 7.71. The summed E-state index contributed by atoms with van der Waals surface area (Å²) in [4.78, 5) is 26.2. The van der Waals surface area contributed by atoms with Crippen LogP contribution >= 0.6 is 19.4 Å². The van der Waals surface area contributed by atoms with E-state index in [1.807, 2.05) is 0 Å². The van der Waals surface area contributed by atoms with Crippen molar-refractivity contribution in [3.05, 3.63) is 87.9 Å². The van der Waals surface area contributed by atoms with E-state index in [2.05, 4.69) is 0 Å². The summed E-state index contributed by atoms with van der Waals surface area (Å²) >= 11 is 6.19. The minimum atomic E-state index is -3.05. The fourth-order valence-electron chi connectivity index (χ4n) is 3.23. The van der Waals surface area contributed by atoms with Crippen molar-refractivity contribution in [2.24, 2.45) is 0 Å².